The number of pyridine rings is 1. The highest BCUT2D eigenvalue weighted by Crippen LogP contribution is 2.35. The van der Waals surface area contributed by atoms with Gasteiger partial charge in [-0.3, -0.25) is 19.4 Å². The molecule has 0 radical (unpaired) electrons. The Hall–Kier alpha value is -2.64. The maximum absolute atomic E-state index is 13.4. The number of carbonyl (C=O) groups is 3. The summed E-state index contributed by atoms with van der Waals surface area (Å²) in [4.78, 5) is 46.6. The molecule has 174 valence electrons. The maximum Gasteiger partial charge on any atom is 0.228 e. The fraction of sp³-hybridized carbons (Fsp3) is 0.417. The van der Waals surface area contributed by atoms with Crippen LogP contribution < -0.4 is 10.2 Å². The highest BCUT2D eigenvalue weighted by Gasteiger charge is 2.50. The summed E-state index contributed by atoms with van der Waals surface area (Å²) in [7, 11) is 0. The number of hydrogen-bond acceptors (Lipinski definition) is 5. The molecular weight excluding hydrogens is 463 g/mol. The van der Waals surface area contributed by atoms with Gasteiger partial charge < -0.3 is 15.1 Å². The zero-order valence-electron chi connectivity index (χ0n) is 18.6. The van der Waals surface area contributed by atoms with Crippen molar-refractivity contribution < 1.29 is 14.4 Å². The van der Waals surface area contributed by atoms with Crippen LogP contribution in [0.4, 0.5) is 5.69 Å². The average molecular weight is 489 g/mol. The second-order valence-corrected chi connectivity index (χ2v) is 9.70. The van der Waals surface area contributed by atoms with Crippen LogP contribution in [0.25, 0.3) is 0 Å². The fourth-order valence-electron chi connectivity index (χ4n) is 4.84. The number of benzene rings is 1. The third-order valence-electron chi connectivity index (χ3n) is 6.40. The first-order valence-electron chi connectivity index (χ1n) is 11.0. The van der Waals surface area contributed by atoms with Crippen molar-refractivity contribution in [2.75, 3.05) is 24.5 Å². The first kappa shape index (κ1) is 23.5. The van der Waals surface area contributed by atoms with E-state index in [1.165, 1.54) is 0 Å². The molecule has 0 spiro atoms. The highest BCUT2D eigenvalue weighted by molar-refractivity contribution is 6.35. The van der Waals surface area contributed by atoms with Crippen molar-refractivity contribution >= 4 is 46.5 Å². The number of hydrogen-bond donors (Lipinski definition) is 1. The molecule has 2 fully saturated rings. The monoisotopic (exact) mass is 488 g/mol. The standard InChI is InChI=1S/C24H26Cl2N4O3/c1-15(13-24(20-5-3-4-6-27-20)21(31)12-22(32)28-24)23(33)29-7-8-30(16(2)14-29)19-10-17(25)9-18(26)11-19/h3-6,9-11,15-16H,7-8,12-14H2,1-2H3,(H,28,32)/t15?,16-,24?/m0/s1. The van der Waals surface area contributed by atoms with E-state index >= 15 is 0 Å². The second-order valence-electron chi connectivity index (χ2n) is 8.83. The van der Waals surface area contributed by atoms with Gasteiger partial charge in [-0.05, 0) is 43.7 Å². The normalized spacial score (nSPS) is 24.1. The number of Topliss-reactive ketones (excluding diaryl/α,β-unsaturated/α-hetero) is 1. The lowest BCUT2D eigenvalue weighted by molar-refractivity contribution is -0.137. The molecule has 1 aromatic heterocycles. The minimum Gasteiger partial charge on any atom is -0.365 e. The molecular formula is C24H26Cl2N4O3. The summed E-state index contributed by atoms with van der Waals surface area (Å²) in [5.74, 6) is -1.11. The summed E-state index contributed by atoms with van der Waals surface area (Å²) >= 11 is 12.3. The number of ketones is 1. The number of nitrogens with zero attached hydrogens (tertiary/aromatic N) is 3. The summed E-state index contributed by atoms with van der Waals surface area (Å²) in [5.41, 5.74) is 0.128. The van der Waals surface area contributed by atoms with Gasteiger partial charge in [0.1, 0.15) is 5.54 Å². The Labute approximate surface area is 203 Å². The Morgan fingerprint density at radius 3 is 2.52 bits per heavy atom. The fourth-order valence-corrected chi connectivity index (χ4v) is 5.36. The van der Waals surface area contributed by atoms with E-state index < -0.39 is 11.5 Å². The minimum absolute atomic E-state index is 0.0464. The summed E-state index contributed by atoms with van der Waals surface area (Å²) < 4.78 is 0. The lowest BCUT2D eigenvalue weighted by Crippen LogP contribution is -2.55. The molecule has 0 saturated carbocycles. The van der Waals surface area contributed by atoms with Crippen LogP contribution in [0.1, 0.15) is 32.4 Å². The van der Waals surface area contributed by atoms with Crippen LogP contribution in [0.15, 0.2) is 42.6 Å². The maximum atomic E-state index is 13.4. The average Bonchev–Trinajstić information content (AvgIpc) is 3.06. The van der Waals surface area contributed by atoms with Gasteiger partial charge >= 0.3 is 0 Å². The van der Waals surface area contributed by atoms with Gasteiger partial charge in [0.25, 0.3) is 0 Å². The van der Waals surface area contributed by atoms with E-state index in [-0.39, 0.29) is 36.5 Å². The van der Waals surface area contributed by atoms with Gasteiger partial charge in [-0.2, -0.15) is 0 Å². The smallest absolute Gasteiger partial charge is 0.228 e. The van der Waals surface area contributed by atoms with Gasteiger partial charge in [0.15, 0.2) is 5.78 Å². The number of rotatable bonds is 5. The summed E-state index contributed by atoms with van der Waals surface area (Å²) in [6, 6.07) is 10.7. The molecule has 0 aliphatic carbocycles. The van der Waals surface area contributed by atoms with Crippen LogP contribution >= 0.6 is 23.2 Å². The van der Waals surface area contributed by atoms with Crippen LogP contribution in [-0.2, 0) is 19.9 Å². The predicted octanol–water partition coefficient (Wildman–Crippen LogP) is 3.44. The van der Waals surface area contributed by atoms with Crippen molar-refractivity contribution in [3.8, 4) is 0 Å². The van der Waals surface area contributed by atoms with Crippen LogP contribution in [0, 0.1) is 5.92 Å². The summed E-state index contributed by atoms with van der Waals surface area (Å²) in [6.07, 6.45) is 1.56. The van der Waals surface area contributed by atoms with E-state index in [1.807, 2.05) is 17.0 Å². The van der Waals surface area contributed by atoms with Crippen LogP contribution in [0.2, 0.25) is 10.0 Å². The zero-order chi connectivity index (χ0) is 23.8. The number of halogens is 2. The van der Waals surface area contributed by atoms with Crippen molar-refractivity contribution in [3.63, 3.8) is 0 Å². The van der Waals surface area contributed by atoms with E-state index in [4.69, 9.17) is 23.2 Å². The summed E-state index contributed by atoms with van der Waals surface area (Å²) in [5, 5.41) is 3.95. The van der Waals surface area contributed by atoms with Gasteiger partial charge in [0.05, 0.1) is 12.1 Å². The lowest BCUT2D eigenvalue weighted by atomic mass is 9.82. The van der Waals surface area contributed by atoms with Gasteiger partial charge in [-0.25, -0.2) is 0 Å². The van der Waals surface area contributed by atoms with E-state index in [9.17, 15) is 14.4 Å². The molecule has 2 saturated heterocycles. The van der Waals surface area contributed by atoms with Crippen LogP contribution in [-0.4, -0.2) is 53.2 Å². The predicted molar refractivity (Wildman–Crippen MR) is 127 cm³/mol. The molecule has 2 amide bonds. The van der Waals surface area contributed by atoms with Crippen molar-refractivity contribution in [2.24, 2.45) is 5.92 Å². The molecule has 3 atom stereocenters. The van der Waals surface area contributed by atoms with Gasteiger partial charge in [-0.1, -0.05) is 36.2 Å². The second kappa shape index (κ2) is 9.31. The first-order chi connectivity index (χ1) is 15.7. The van der Waals surface area contributed by atoms with Gasteiger partial charge in [-0.15, -0.1) is 0 Å². The lowest BCUT2D eigenvalue weighted by Gasteiger charge is -2.42. The Morgan fingerprint density at radius 1 is 1.21 bits per heavy atom. The molecule has 4 rings (SSSR count). The van der Waals surface area contributed by atoms with Crippen molar-refractivity contribution in [2.45, 2.75) is 38.3 Å². The minimum atomic E-state index is -1.27. The van der Waals surface area contributed by atoms with Gasteiger partial charge in [0.2, 0.25) is 11.8 Å². The van der Waals surface area contributed by atoms with Crippen molar-refractivity contribution in [1.82, 2.24) is 15.2 Å². The first-order valence-corrected chi connectivity index (χ1v) is 11.7. The topological polar surface area (TPSA) is 82.6 Å². The van der Waals surface area contributed by atoms with Crippen LogP contribution in [0.3, 0.4) is 0 Å². The molecule has 1 N–H and O–H groups in total. The molecule has 9 heteroatoms. The van der Waals surface area contributed by atoms with Crippen LogP contribution in [0.5, 0.6) is 0 Å². The third-order valence-corrected chi connectivity index (χ3v) is 6.84. The number of piperazine rings is 1. The molecule has 2 aliphatic rings. The molecule has 33 heavy (non-hydrogen) atoms. The number of carbonyl (C=O) groups excluding carboxylic acids is 3. The third kappa shape index (κ3) is 4.70. The SMILES string of the molecule is CC(CC1(c2ccccn2)NC(=O)CC1=O)C(=O)N1CCN(c2cc(Cl)cc(Cl)c2)[C@@H](C)C1. The molecule has 1 aromatic carbocycles. The van der Waals surface area contributed by atoms with E-state index in [2.05, 4.69) is 22.1 Å². The Kier molecular flexibility index (Phi) is 6.64. The molecule has 2 aromatic rings. The number of anilines is 1. The number of nitrogens with one attached hydrogen (secondary N) is 1. The van der Waals surface area contributed by atoms with E-state index in [1.54, 1.807) is 37.4 Å². The number of aromatic nitrogens is 1. The molecule has 0 bridgehead atoms. The number of amides is 2. The molecule has 3 heterocycles. The zero-order valence-corrected chi connectivity index (χ0v) is 20.1. The summed E-state index contributed by atoms with van der Waals surface area (Å²) in [6.45, 7) is 5.56. The van der Waals surface area contributed by atoms with Crippen molar-refractivity contribution in [1.29, 1.82) is 0 Å². The Bertz CT molecular complexity index is 1060. The molecule has 7 nitrogen and oxygen atoms in total. The Morgan fingerprint density at radius 2 is 1.94 bits per heavy atom. The molecule has 2 aliphatic heterocycles. The highest BCUT2D eigenvalue weighted by atomic mass is 35.5. The Balaban J connectivity index is 1.48. The van der Waals surface area contributed by atoms with E-state index in [0.29, 0.717) is 35.4 Å². The molecule has 2 unspecified atom stereocenters. The van der Waals surface area contributed by atoms with Crippen molar-refractivity contribution in [3.05, 3.63) is 58.3 Å². The quantitative estimate of drug-likeness (QED) is 0.651. The van der Waals surface area contributed by atoms with E-state index in [0.717, 1.165) is 5.69 Å². The van der Waals surface area contributed by atoms with Gasteiger partial charge in [0, 0.05) is 53.5 Å². The largest absolute Gasteiger partial charge is 0.365 e.